The predicted octanol–water partition coefficient (Wildman–Crippen LogP) is -0.385. The SMILES string of the molecule is Cc1nn(CCO)cc1CN1CCN2CCN(C)C[C@@H]2C1. The zero-order chi connectivity index (χ0) is 14.8. The van der Waals surface area contributed by atoms with Gasteiger partial charge in [0, 0.05) is 63.6 Å². The van der Waals surface area contributed by atoms with Crippen molar-refractivity contribution >= 4 is 0 Å². The first kappa shape index (κ1) is 15.0. The Morgan fingerprint density at radius 1 is 1.24 bits per heavy atom. The Hall–Kier alpha value is -0.950. The average Bonchev–Trinajstić information content (AvgIpc) is 2.79. The summed E-state index contributed by atoms with van der Waals surface area (Å²) in [5.41, 5.74) is 2.38. The normalized spacial score (nSPS) is 25.2. The van der Waals surface area contributed by atoms with E-state index in [1.54, 1.807) is 0 Å². The molecule has 0 amide bonds. The van der Waals surface area contributed by atoms with Gasteiger partial charge < -0.3 is 10.0 Å². The van der Waals surface area contributed by atoms with Gasteiger partial charge in [0.25, 0.3) is 0 Å². The molecule has 6 nitrogen and oxygen atoms in total. The second-order valence-corrected chi connectivity index (χ2v) is 6.41. The van der Waals surface area contributed by atoms with Crippen LogP contribution >= 0.6 is 0 Å². The van der Waals surface area contributed by atoms with Crippen molar-refractivity contribution in [1.29, 1.82) is 0 Å². The van der Waals surface area contributed by atoms with E-state index >= 15 is 0 Å². The molecule has 6 heteroatoms. The van der Waals surface area contributed by atoms with E-state index in [2.05, 4.69) is 40.0 Å². The van der Waals surface area contributed by atoms with E-state index in [1.165, 1.54) is 31.7 Å². The van der Waals surface area contributed by atoms with Gasteiger partial charge in [0.1, 0.15) is 0 Å². The molecule has 0 aliphatic carbocycles. The number of hydrogen-bond donors (Lipinski definition) is 1. The van der Waals surface area contributed by atoms with Gasteiger partial charge >= 0.3 is 0 Å². The van der Waals surface area contributed by atoms with Crippen LogP contribution in [0.1, 0.15) is 11.3 Å². The Morgan fingerprint density at radius 2 is 2.05 bits per heavy atom. The predicted molar refractivity (Wildman–Crippen MR) is 82.2 cm³/mol. The Balaban J connectivity index is 1.60. The van der Waals surface area contributed by atoms with E-state index in [-0.39, 0.29) is 6.61 Å². The third kappa shape index (κ3) is 3.45. The van der Waals surface area contributed by atoms with Gasteiger partial charge in [0.15, 0.2) is 0 Å². The first-order valence-corrected chi connectivity index (χ1v) is 7.94. The summed E-state index contributed by atoms with van der Waals surface area (Å²) in [5, 5.41) is 13.5. The topological polar surface area (TPSA) is 47.8 Å². The lowest BCUT2D eigenvalue weighted by molar-refractivity contribution is 0.0174. The molecule has 21 heavy (non-hydrogen) atoms. The summed E-state index contributed by atoms with van der Waals surface area (Å²) in [7, 11) is 2.22. The fourth-order valence-electron chi connectivity index (χ4n) is 3.49. The van der Waals surface area contributed by atoms with Crippen molar-refractivity contribution in [1.82, 2.24) is 24.5 Å². The zero-order valence-corrected chi connectivity index (χ0v) is 13.2. The Bertz CT molecular complexity index is 475. The highest BCUT2D eigenvalue weighted by molar-refractivity contribution is 5.15. The van der Waals surface area contributed by atoms with Crippen molar-refractivity contribution in [3.05, 3.63) is 17.5 Å². The fourth-order valence-corrected chi connectivity index (χ4v) is 3.49. The second kappa shape index (κ2) is 6.44. The summed E-state index contributed by atoms with van der Waals surface area (Å²) in [6.07, 6.45) is 2.09. The van der Waals surface area contributed by atoms with Gasteiger partial charge in [-0.2, -0.15) is 5.10 Å². The third-order valence-corrected chi connectivity index (χ3v) is 4.75. The lowest BCUT2D eigenvalue weighted by Crippen LogP contribution is -2.61. The minimum atomic E-state index is 0.146. The van der Waals surface area contributed by atoms with E-state index in [1.807, 2.05) is 4.68 Å². The molecule has 3 heterocycles. The molecule has 1 aromatic heterocycles. The quantitative estimate of drug-likeness (QED) is 0.820. The van der Waals surface area contributed by atoms with Gasteiger partial charge in [-0.25, -0.2) is 0 Å². The van der Waals surface area contributed by atoms with Crippen LogP contribution in [0.25, 0.3) is 0 Å². The summed E-state index contributed by atoms with van der Waals surface area (Å²) in [6, 6.07) is 0.672. The van der Waals surface area contributed by atoms with Gasteiger partial charge in [0.2, 0.25) is 0 Å². The minimum absolute atomic E-state index is 0.146. The maximum atomic E-state index is 9.01. The first-order chi connectivity index (χ1) is 10.2. The molecule has 0 radical (unpaired) electrons. The monoisotopic (exact) mass is 293 g/mol. The van der Waals surface area contributed by atoms with Crippen LogP contribution in [-0.4, -0.2) is 88.6 Å². The van der Waals surface area contributed by atoms with Crippen LogP contribution in [0.3, 0.4) is 0 Å². The van der Waals surface area contributed by atoms with E-state index in [9.17, 15) is 0 Å². The van der Waals surface area contributed by atoms with Crippen molar-refractivity contribution in [3.63, 3.8) is 0 Å². The average molecular weight is 293 g/mol. The zero-order valence-electron chi connectivity index (χ0n) is 13.2. The lowest BCUT2D eigenvalue weighted by atomic mass is 10.1. The van der Waals surface area contributed by atoms with Crippen LogP contribution in [0.15, 0.2) is 6.20 Å². The number of aliphatic hydroxyl groups excluding tert-OH is 1. The van der Waals surface area contributed by atoms with Gasteiger partial charge in [-0.3, -0.25) is 14.5 Å². The number of aliphatic hydroxyl groups is 1. The van der Waals surface area contributed by atoms with Crippen molar-refractivity contribution in [2.75, 3.05) is 52.9 Å². The highest BCUT2D eigenvalue weighted by Gasteiger charge is 2.30. The molecule has 1 N–H and O–H groups in total. The molecule has 118 valence electrons. The molecule has 0 unspecified atom stereocenters. The smallest absolute Gasteiger partial charge is 0.0641 e. The summed E-state index contributed by atoms with van der Waals surface area (Å²) < 4.78 is 1.86. The van der Waals surface area contributed by atoms with Crippen molar-refractivity contribution in [3.8, 4) is 0 Å². The van der Waals surface area contributed by atoms with E-state index in [0.717, 1.165) is 25.3 Å². The Kier molecular flexibility index (Phi) is 4.59. The molecule has 1 aromatic rings. The number of rotatable bonds is 4. The number of nitrogens with zero attached hydrogens (tertiary/aromatic N) is 5. The van der Waals surface area contributed by atoms with Crippen LogP contribution < -0.4 is 0 Å². The van der Waals surface area contributed by atoms with Crippen LogP contribution in [-0.2, 0) is 13.1 Å². The molecule has 2 saturated heterocycles. The summed E-state index contributed by atoms with van der Waals surface area (Å²) in [4.78, 5) is 7.63. The van der Waals surface area contributed by atoms with E-state index in [4.69, 9.17) is 5.11 Å². The molecule has 0 spiro atoms. The summed E-state index contributed by atoms with van der Waals surface area (Å²) in [5.74, 6) is 0. The van der Waals surface area contributed by atoms with Crippen LogP contribution in [0, 0.1) is 6.92 Å². The van der Waals surface area contributed by atoms with E-state index in [0.29, 0.717) is 12.6 Å². The number of aromatic nitrogens is 2. The number of fused-ring (bicyclic) bond motifs is 1. The maximum absolute atomic E-state index is 9.01. The Labute approximate surface area is 126 Å². The molecule has 1 atom stereocenters. The van der Waals surface area contributed by atoms with Gasteiger partial charge in [0.05, 0.1) is 18.8 Å². The molecular formula is C15H27N5O. The Morgan fingerprint density at radius 3 is 2.86 bits per heavy atom. The second-order valence-electron chi connectivity index (χ2n) is 6.41. The number of likely N-dealkylation sites (N-methyl/N-ethyl adjacent to an activating group) is 1. The molecule has 0 aromatic carbocycles. The minimum Gasteiger partial charge on any atom is -0.394 e. The molecule has 0 bridgehead atoms. The summed E-state index contributed by atoms with van der Waals surface area (Å²) >= 11 is 0. The summed E-state index contributed by atoms with van der Waals surface area (Å²) in [6.45, 7) is 10.8. The van der Waals surface area contributed by atoms with Crippen molar-refractivity contribution < 1.29 is 5.11 Å². The molecule has 2 aliphatic rings. The van der Waals surface area contributed by atoms with Crippen molar-refractivity contribution in [2.45, 2.75) is 26.1 Å². The maximum Gasteiger partial charge on any atom is 0.0641 e. The molecular weight excluding hydrogens is 266 g/mol. The highest BCUT2D eigenvalue weighted by atomic mass is 16.3. The first-order valence-electron chi connectivity index (χ1n) is 7.94. The fraction of sp³-hybridized carbons (Fsp3) is 0.800. The lowest BCUT2D eigenvalue weighted by Gasteiger charge is -2.46. The van der Waals surface area contributed by atoms with Gasteiger partial charge in [-0.05, 0) is 14.0 Å². The van der Waals surface area contributed by atoms with Crippen molar-refractivity contribution in [2.24, 2.45) is 0 Å². The number of hydrogen-bond acceptors (Lipinski definition) is 5. The number of aryl methyl sites for hydroxylation is 1. The third-order valence-electron chi connectivity index (χ3n) is 4.75. The van der Waals surface area contributed by atoms with E-state index < -0.39 is 0 Å². The van der Waals surface area contributed by atoms with Gasteiger partial charge in [-0.15, -0.1) is 0 Å². The molecule has 2 aliphatic heterocycles. The number of piperazine rings is 2. The largest absolute Gasteiger partial charge is 0.394 e. The molecule has 3 rings (SSSR count). The molecule has 0 saturated carbocycles. The highest BCUT2D eigenvalue weighted by Crippen LogP contribution is 2.17. The molecule has 2 fully saturated rings. The van der Waals surface area contributed by atoms with Crippen LogP contribution in [0.5, 0.6) is 0 Å². The van der Waals surface area contributed by atoms with Crippen LogP contribution in [0.2, 0.25) is 0 Å². The van der Waals surface area contributed by atoms with Gasteiger partial charge in [-0.1, -0.05) is 0 Å². The standard InChI is InChI=1S/C15H27N5O/c1-13-14(10-20(16-13)7-8-21)9-18-4-6-19-5-3-17(2)11-15(19)12-18/h10,15,21H,3-9,11-12H2,1-2H3/t15-/m1/s1. The van der Waals surface area contributed by atoms with Crippen LogP contribution in [0.4, 0.5) is 0 Å².